The van der Waals surface area contributed by atoms with Crippen molar-refractivity contribution >= 4 is 16.9 Å². The number of amides is 1. The number of nitrogens with one attached hydrogen (secondary N) is 2. The average Bonchev–Trinajstić information content (AvgIpc) is 3.57. The molecule has 5 rings (SSSR count). The minimum absolute atomic E-state index is 0.105. The third-order valence-electron chi connectivity index (χ3n) is 6.66. The highest BCUT2D eigenvalue weighted by Gasteiger charge is 2.27. The van der Waals surface area contributed by atoms with Gasteiger partial charge >= 0.3 is 0 Å². The summed E-state index contributed by atoms with van der Waals surface area (Å²) in [5, 5.41) is 13.0. The van der Waals surface area contributed by atoms with Crippen LogP contribution in [0.1, 0.15) is 66.6 Å². The molecule has 34 heavy (non-hydrogen) atoms. The SMILES string of the molecule is Cc1[nH]c2c(-c3cc(C(F)F)ccc3OCC3CC3)ncnc2c1C(=O)N[C@@H]1CCC[C@H](O)C1. The van der Waals surface area contributed by atoms with Crippen LogP contribution in [0.25, 0.3) is 22.3 Å². The van der Waals surface area contributed by atoms with Crippen molar-refractivity contribution in [1.82, 2.24) is 20.3 Å². The van der Waals surface area contributed by atoms with Gasteiger partial charge in [0.1, 0.15) is 23.3 Å². The van der Waals surface area contributed by atoms with E-state index in [-0.39, 0.29) is 17.5 Å². The molecule has 0 spiro atoms. The molecule has 9 heteroatoms. The predicted octanol–water partition coefficient (Wildman–Crippen LogP) is 4.69. The number of carbonyl (C=O) groups is 1. The van der Waals surface area contributed by atoms with Crippen LogP contribution in [0, 0.1) is 12.8 Å². The van der Waals surface area contributed by atoms with Gasteiger partial charge < -0.3 is 20.1 Å². The first-order chi connectivity index (χ1) is 16.4. The summed E-state index contributed by atoms with van der Waals surface area (Å²) in [4.78, 5) is 25.1. The number of ether oxygens (including phenoxy) is 1. The normalized spacial score (nSPS) is 20.6. The second-order valence-corrected chi connectivity index (χ2v) is 9.37. The Morgan fingerprint density at radius 1 is 1.26 bits per heavy atom. The largest absolute Gasteiger partial charge is 0.493 e. The quantitative estimate of drug-likeness (QED) is 0.465. The van der Waals surface area contributed by atoms with E-state index in [1.54, 1.807) is 13.0 Å². The number of aliphatic hydroxyl groups is 1. The lowest BCUT2D eigenvalue weighted by Crippen LogP contribution is -2.39. The summed E-state index contributed by atoms with van der Waals surface area (Å²) in [6.07, 6.45) is 3.45. The van der Waals surface area contributed by atoms with E-state index >= 15 is 0 Å². The van der Waals surface area contributed by atoms with Gasteiger partial charge in [0.15, 0.2) is 0 Å². The maximum atomic E-state index is 13.5. The molecule has 2 fully saturated rings. The van der Waals surface area contributed by atoms with Gasteiger partial charge in [0.05, 0.1) is 23.8 Å². The molecule has 0 saturated heterocycles. The van der Waals surface area contributed by atoms with E-state index in [0.717, 1.165) is 32.1 Å². The van der Waals surface area contributed by atoms with E-state index in [9.17, 15) is 18.7 Å². The molecule has 2 aromatic heterocycles. The maximum absolute atomic E-state index is 13.5. The van der Waals surface area contributed by atoms with E-state index in [1.807, 2.05) is 0 Å². The number of aromatic nitrogens is 3. The van der Waals surface area contributed by atoms with Crippen LogP contribution in [0.15, 0.2) is 24.5 Å². The van der Waals surface area contributed by atoms with Gasteiger partial charge in [0, 0.05) is 22.9 Å². The van der Waals surface area contributed by atoms with Crippen LogP contribution >= 0.6 is 0 Å². The van der Waals surface area contributed by atoms with E-state index < -0.39 is 12.5 Å². The number of carbonyl (C=O) groups excluding carboxylic acids is 1. The number of benzene rings is 1. The number of hydrogen-bond acceptors (Lipinski definition) is 5. The van der Waals surface area contributed by atoms with Crippen LogP contribution in [0.5, 0.6) is 5.75 Å². The molecule has 180 valence electrons. The Kier molecular flexibility index (Phi) is 6.20. The first-order valence-electron chi connectivity index (χ1n) is 11.8. The Labute approximate surface area is 196 Å². The molecule has 2 saturated carbocycles. The highest BCUT2D eigenvalue weighted by molar-refractivity contribution is 6.09. The summed E-state index contributed by atoms with van der Waals surface area (Å²) in [5.74, 6) is 0.694. The predicted molar refractivity (Wildman–Crippen MR) is 123 cm³/mol. The molecule has 0 aliphatic heterocycles. The lowest BCUT2D eigenvalue weighted by molar-refractivity contribution is 0.0850. The molecule has 7 nitrogen and oxygen atoms in total. The zero-order valence-corrected chi connectivity index (χ0v) is 19.0. The van der Waals surface area contributed by atoms with E-state index in [4.69, 9.17) is 4.74 Å². The molecule has 2 atom stereocenters. The molecule has 0 bridgehead atoms. The van der Waals surface area contributed by atoms with Gasteiger partial charge in [-0.05, 0) is 69.6 Å². The molecular weight excluding hydrogens is 442 g/mol. The first-order valence-corrected chi connectivity index (χ1v) is 11.8. The second kappa shape index (κ2) is 9.29. The van der Waals surface area contributed by atoms with Gasteiger partial charge in [0.25, 0.3) is 12.3 Å². The lowest BCUT2D eigenvalue weighted by atomic mass is 9.93. The summed E-state index contributed by atoms with van der Waals surface area (Å²) in [5.41, 5.74) is 2.64. The number of alkyl halides is 2. The minimum atomic E-state index is -2.63. The topological polar surface area (TPSA) is 100 Å². The van der Waals surface area contributed by atoms with Crippen LogP contribution in [0.4, 0.5) is 8.78 Å². The number of aryl methyl sites for hydroxylation is 1. The fraction of sp³-hybridized carbons (Fsp3) is 0.480. The van der Waals surface area contributed by atoms with Crippen molar-refractivity contribution in [1.29, 1.82) is 0 Å². The number of aliphatic hydroxyl groups excluding tert-OH is 1. The zero-order valence-electron chi connectivity index (χ0n) is 19.0. The van der Waals surface area contributed by atoms with Crippen molar-refractivity contribution in [3.8, 4) is 17.0 Å². The Bertz CT molecular complexity index is 1210. The Morgan fingerprint density at radius 3 is 2.82 bits per heavy atom. The number of hydrogen-bond donors (Lipinski definition) is 3. The number of aromatic amines is 1. The van der Waals surface area contributed by atoms with E-state index in [1.165, 1.54) is 18.5 Å². The number of H-pyrrole nitrogens is 1. The number of fused-ring (bicyclic) bond motifs is 1. The van der Waals surface area contributed by atoms with Gasteiger partial charge in [-0.3, -0.25) is 4.79 Å². The molecule has 2 aliphatic rings. The van der Waals surface area contributed by atoms with Crippen molar-refractivity contribution < 1.29 is 23.4 Å². The Balaban J connectivity index is 1.52. The number of nitrogens with zero attached hydrogens (tertiary/aromatic N) is 2. The standard InChI is InChI=1S/C25H28F2N4O3/c1-13-20(25(33)31-16-3-2-4-17(32)10-16)22-23(30-13)21(28-12-29-22)18-9-15(24(26)27)7-8-19(18)34-11-14-5-6-14/h7-9,12,14,16-17,24,30,32H,2-6,10-11H2,1H3,(H,31,33)/t16-,17+/m1/s1. The second-order valence-electron chi connectivity index (χ2n) is 9.37. The van der Waals surface area contributed by atoms with Crippen LogP contribution in [-0.2, 0) is 0 Å². The third kappa shape index (κ3) is 4.61. The van der Waals surface area contributed by atoms with Gasteiger partial charge in [-0.25, -0.2) is 18.7 Å². The summed E-state index contributed by atoms with van der Waals surface area (Å²) in [6, 6.07) is 4.22. The molecule has 0 radical (unpaired) electrons. The van der Waals surface area contributed by atoms with Crippen LogP contribution in [0.3, 0.4) is 0 Å². The van der Waals surface area contributed by atoms with Crippen LogP contribution in [-0.4, -0.2) is 44.7 Å². The lowest BCUT2D eigenvalue weighted by Gasteiger charge is -2.26. The van der Waals surface area contributed by atoms with Crippen LogP contribution < -0.4 is 10.1 Å². The molecule has 3 aromatic rings. The molecule has 0 unspecified atom stereocenters. The Morgan fingerprint density at radius 2 is 2.09 bits per heavy atom. The molecular formula is C25H28F2N4O3. The fourth-order valence-corrected chi connectivity index (χ4v) is 4.64. The van der Waals surface area contributed by atoms with Gasteiger partial charge in [0.2, 0.25) is 0 Å². The van der Waals surface area contributed by atoms with E-state index in [0.29, 0.717) is 58.2 Å². The minimum Gasteiger partial charge on any atom is -0.493 e. The van der Waals surface area contributed by atoms with Gasteiger partial charge in [-0.2, -0.15) is 0 Å². The van der Waals surface area contributed by atoms with Crippen molar-refractivity contribution in [2.45, 2.75) is 64.0 Å². The average molecular weight is 471 g/mol. The van der Waals surface area contributed by atoms with Gasteiger partial charge in [-0.1, -0.05) is 0 Å². The van der Waals surface area contributed by atoms with E-state index in [2.05, 4.69) is 20.3 Å². The zero-order chi connectivity index (χ0) is 23.8. The van der Waals surface area contributed by atoms with Crippen molar-refractivity contribution in [3.05, 3.63) is 41.3 Å². The fourth-order valence-electron chi connectivity index (χ4n) is 4.64. The van der Waals surface area contributed by atoms with Crippen molar-refractivity contribution in [2.24, 2.45) is 5.92 Å². The highest BCUT2D eigenvalue weighted by atomic mass is 19.3. The maximum Gasteiger partial charge on any atom is 0.263 e. The monoisotopic (exact) mass is 470 g/mol. The molecule has 2 aliphatic carbocycles. The summed E-state index contributed by atoms with van der Waals surface area (Å²) in [7, 11) is 0. The molecule has 3 N–H and O–H groups in total. The van der Waals surface area contributed by atoms with Crippen LogP contribution in [0.2, 0.25) is 0 Å². The summed E-state index contributed by atoms with van der Waals surface area (Å²) in [6.45, 7) is 2.30. The molecule has 2 heterocycles. The molecule has 1 aromatic carbocycles. The smallest absolute Gasteiger partial charge is 0.263 e. The summed E-state index contributed by atoms with van der Waals surface area (Å²) >= 11 is 0. The first kappa shape index (κ1) is 22.7. The Hall–Kier alpha value is -3.07. The van der Waals surface area contributed by atoms with Crippen molar-refractivity contribution in [3.63, 3.8) is 0 Å². The third-order valence-corrected chi connectivity index (χ3v) is 6.66. The number of halogens is 2. The highest BCUT2D eigenvalue weighted by Crippen LogP contribution is 2.38. The molecule has 1 amide bonds. The summed E-state index contributed by atoms with van der Waals surface area (Å²) < 4.78 is 33.0. The number of rotatable bonds is 7. The van der Waals surface area contributed by atoms with Gasteiger partial charge in [-0.15, -0.1) is 0 Å². The van der Waals surface area contributed by atoms with Crippen molar-refractivity contribution in [2.75, 3.05) is 6.61 Å².